The van der Waals surface area contributed by atoms with E-state index in [-0.39, 0.29) is 5.41 Å². The summed E-state index contributed by atoms with van der Waals surface area (Å²) in [5.41, 5.74) is 1.46. The normalized spacial score (nSPS) is 18.1. The molecule has 2 heterocycles. The Bertz CT molecular complexity index is 411. The highest BCUT2D eigenvalue weighted by molar-refractivity contribution is 6.18. The molecule has 3 nitrogen and oxygen atoms in total. The summed E-state index contributed by atoms with van der Waals surface area (Å²) < 4.78 is 0. The molecule has 0 aliphatic carbocycles. The maximum absolute atomic E-state index is 5.83. The molecule has 112 valence electrons. The monoisotopic (exact) mass is 295 g/mol. The number of aromatic nitrogens is 1. The summed E-state index contributed by atoms with van der Waals surface area (Å²) in [5.74, 6) is 1.82. The van der Waals surface area contributed by atoms with Gasteiger partial charge in [0.05, 0.1) is 0 Å². The number of rotatable bonds is 3. The highest BCUT2D eigenvalue weighted by atomic mass is 35.5. The van der Waals surface area contributed by atoms with Crippen molar-refractivity contribution < 1.29 is 0 Å². The summed E-state index contributed by atoms with van der Waals surface area (Å²) >= 11 is 5.83. The van der Waals surface area contributed by atoms with Gasteiger partial charge in [-0.1, -0.05) is 26.8 Å². The standard InChI is InChI=1S/C16H26ClN3/c1-16(2,3)14-5-6-15(18-13-14)20-9-4-8-19(10-7-17)11-12-20/h5-6,13H,4,7-12H2,1-3H3. The van der Waals surface area contributed by atoms with E-state index in [4.69, 9.17) is 11.6 Å². The first-order valence-electron chi connectivity index (χ1n) is 7.50. The summed E-state index contributed by atoms with van der Waals surface area (Å²) in [6.07, 6.45) is 3.20. The van der Waals surface area contributed by atoms with Crippen LogP contribution in [0.3, 0.4) is 0 Å². The zero-order valence-corrected chi connectivity index (χ0v) is 13.7. The lowest BCUT2D eigenvalue weighted by Gasteiger charge is -2.24. The zero-order valence-electron chi connectivity index (χ0n) is 12.9. The lowest BCUT2D eigenvalue weighted by molar-refractivity contribution is 0.311. The second-order valence-electron chi connectivity index (χ2n) is 6.53. The van der Waals surface area contributed by atoms with Crippen molar-refractivity contribution in [1.82, 2.24) is 9.88 Å². The summed E-state index contributed by atoms with van der Waals surface area (Å²) in [5, 5.41) is 0. The Morgan fingerprint density at radius 3 is 2.55 bits per heavy atom. The van der Waals surface area contributed by atoms with Crippen LogP contribution in [0.25, 0.3) is 0 Å². The van der Waals surface area contributed by atoms with E-state index in [1.165, 1.54) is 12.0 Å². The van der Waals surface area contributed by atoms with Gasteiger partial charge in [-0.25, -0.2) is 4.98 Å². The summed E-state index contributed by atoms with van der Waals surface area (Å²) in [4.78, 5) is 9.49. The Kier molecular flexibility index (Phi) is 5.28. The molecule has 1 saturated heterocycles. The van der Waals surface area contributed by atoms with Gasteiger partial charge >= 0.3 is 0 Å². The molecule has 0 spiro atoms. The molecule has 0 saturated carbocycles. The van der Waals surface area contributed by atoms with Gasteiger partial charge in [0.25, 0.3) is 0 Å². The minimum Gasteiger partial charge on any atom is -0.355 e. The van der Waals surface area contributed by atoms with Crippen molar-refractivity contribution in [2.45, 2.75) is 32.6 Å². The smallest absolute Gasteiger partial charge is 0.128 e. The molecular formula is C16H26ClN3. The maximum Gasteiger partial charge on any atom is 0.128 e. The average Bonchev–Trinajstić information content (AvgIpc) is 2.64. The summed E-state index contributed by atoms with van der Waals surface area (Å²) in [6.45, 7) is 12.0. The van der Waals surface area contributed by atoms with Crippen LogP contribution >= 0.6 is 11.6 Å². The first kappa shape index (κ1) is 15.6. The number of anilines is 1. The second-order valence-corrected chi connectivity index (χ2v) is 6.90. The van der Waals surface area contributed by atoms with Crippen molar-refractivity contribution in [3.8, 4) is 0 Å². The minimum atomic E-state index is 0.168. The van der Waals surface area contributed by atoms with Crippen LogP contribution in [0.1, 0.15) is 32.8 Å². The van der Waals surface area contributed by atoms with Crippen LogP contribution in [-0.4, -0.2) is 48.5 Å². The second kappa shape index (κ2) is 6.77. The quantitative estimate of drug-likeness (QED) is 0.799. The highest BCUT2D eigenvalue weighted by Gasteiger charge is 2.17. The lowest BCUT2D eigenvalue weighted by Crippen LogP contribution is -2.32. The predicted molar refractivity (Wildman–Crippen MR) is 86.9 cm³/mol. The highest BCUT2D eigenvalue weighted by Crippen LogP contribution is 2.23. The van der Waals surface area contributed by atoms with Crippen molar-refractivity contribution in [1.29, 1.82) is 0 Å². The van der Waals surface area contributed by atoms with Crippen molar-refractivity contribution in [3.63, 3.8) is 0 Å². The van der Waals surface area contributed by atoms with E-state index in [1.807, 2.05) is 6.20 Å². The fraction of sp³-hybridized carbons (Fsp3) is 0.688. The van der Waals surface area contributed by atoms with Crippen LogP contribution in [-0.2, 0) is 5.41 Å². The van der Waals surface area contributed by atoms with E-state index in [2.05, 4.69) is 47.7 Å². The molecule has 0 N–H and O–H groups in total. The van der Waals surface area contributed by atoms with Crippen LogP contribution in [0.2, 0.25) is 0 Å². The first-order valence-corrected chi connectivity index (χ1v) is 8.04. The molecule has 1 fully saturated rings. The number of nitrogens with zero attached hydrogens (tertiary/aromatic N) is 3. The molecule has 0 radical (unpaired) electrons. The Hall–Kier alpha value is -0.800. The van der Waals surface area contributed by atoms with Crippen LogP contribution in [0.5, 0.6) is 0 Å². The Balaban J connectivity index is 2.01. The molecule has 20 heavy (non-hydrogen) atoms. The van der Waals surface area contributed by atoms with Gasteiger partial charge in [-0.15, -0.1) is 11.6 Å². The van der Waals surface area contributed by atoms with Crippen molar-refractivity contribution in [2.75, 3.05) is 43.5 Å². The van der Waals surface area contributed by atoms with Gasteiger partial charge in [-0.05, 0) is 30.0 Å². The van der Waals surface area contributed by atoms with Gasteiger partial charge in [-0.3, -0.25) is 0 Å². The van der Waals surface area contributed by atoms with Gasteiger partial charge in [-0.2, -0.15) is 0 Å². The maximum atomic E-state index is 5.83. The largest absolute Gasteiger partial charge is 0.355 e. The molecule has 1 aliphatic rings. The van der Waals surface area contributed by atoms with Crippen LogP contribution in [0.15, 0.2) is 18.3 Å². The molecule has 0 amide bonds. The first-order chi connectivity index (χ1) is 9.50. The van der Waals surface area contributed by atoms with Gasteiger partial charge in [0.1, 0.15) is 5.82 Å². The van der Waals surface area contributed by atoms with Crippen LogP contribution < -0.4 is 4.90 Å². The molecule has 1 aromatic heterocycles. The van der Waals surface area contributed by atoms with E-state index in [1.54, 1.807) is 0 Å². The number of halogens is 1. The van der Waals surface area contributed by atoms with Gasteiger partial charge in [0.2, 0.25) is 0 Å². The third-order valence-corrected chi connectivity index (χ3v) is 4.10. The average molecular weight is 296 g/mol. The Morgan fingerprint density at radius 2 is 1.95 bits per heavy atom. The topological polar surface area (TPSA) is 19.4 Å². The fourth-order valence-electron chi connectivity index (χ4n) is 2.56. The van der Waals surface area contributed by atoms with Crippen molar-refractivity contribution >= 4 is 17.4 Å². The van der Waals surface area contributed by atoms with Crippen LogP contribution in [0.4, 0.5) is 5.82 Å². The van der Waals surface area contributed by atoms with E-state index in [0.29, 0.717) is 0 Å². The van der Waals surface area contributed by atoms with E-state index >= 15 is 0 Å². The van der Waals surface area contributed by atoms with Gasteiger partial charge in [0, 0.05) is 38.3 Å². The molecule has 2 rings (SSSR count). The Labute approximate surface area is 127 Å². The van der Waals surface area contributed by atoms with Crippen LogP contribution in [0, 0.1) is 0 Å². The fourth-order valence-corrected chi connectivity index (χ4v) is 2.80. The predicted octanol–water partition coefficient (Wildman–Crippen LogP) is 3.13. The Morgan fingerprint density at radius 1 is 1.15 bits per heavy atom. The summed E-state index contributed by atoms with van der Waals surface area (Å²) in [6, 6.07) is 4.38. The molecule has 1 aliphatic heterocycles. The number of alkyl halides is 1. The van der Waals surface area contributed by atoms with Gasteiger partial charge in [0.15, 0.2) is 0 Å². The van der Waals surface area contributed by atoms with E-state index < -0.39 is 0 Å². The SMILES string of the molecule is CC(C)(C)c1ccc(N2CCCN(CCCl)CC2)nc1. The minimum absolute atomic E-state index is 0.168. The lowest BCUT2D eigenvalue weighted by atomic mass is 9.88. The summed E-state index contributed by atoms with van der Waals surface area (Å²) in [7, 11) is 0. The third-order valence-electron chi connectivity index (χ3n) is 3.93. The van der Waals surface area contributed by atoms with E-state index in [9.17, 15) is 0 Å². The van der Waals surface area contributed by atoms with E-state index in [0.717, 1.165) is 44.4 Å². The zero-order chi connectivity index (χ0) is 14.6. The number of pyridine rings is 1. The molecule has 1 aromatic rings. The van der Waals surface area contributed by atoms with Gasteiger partial charge < -0.3 is 9.80 Å². The molecule has 0 bridgehead atoms. The molecule has 4 heteroatoms. The molecule has 0 atom stereocenters. The molecule has 0 aromatic carbocycles. The molecular weight excluding hydrogens is 270 g/mol. The van der Waals surface area contributed by atoms with Crippen molar-refractivity contribution in [2.24, 2.45) is 0 Å². The number of hydrogen-bond donors (Lipinski definition) is 0. The third kappa shape index (κ3) is 4.10. The van der Waals surface area contributed by atoms with Crippen molar-refractivity contribution in [3.05, 3.63) is 23.9 Å². The molecule has 0 unspecified atom stereocenters. The number of hydrogen-bond acceptors (Lipinski definition) is 3.